The molecule has 0 aliphatic heterocycles. The highest BCUT2D eigenvalue weighted by atomic mass is 16.5. The molecular weight excluding hydrogens is 240 g/mol. The molecule has 4 nitrogen and oxygen atoms in total. The molecule has 0 N–H and O–H groups in total. The second kappa shape index (κ2) is 5.34. The van der Waals surface area contributed by atoms with Crippen LogP contribution in [0.1, 0.15) is 42.6 Å². The van der Waals surface area contributed by atoms with Crippen molar-refractivity contribution in [1.29, 1.82) is 0 Å². The van der Waals surface area contributed by atoms with Crippen LogP contribution < -0.4 is 0 Å². The largest absolute Gasteiger partial charge is 0.458 e. The molecule has 0 saturated heterocycles. The smallest absolute Gasteiger partial charge is 0.358 e. The van der Waals surface area contributed by atoms with Gasteiger partial charge in [0.2, 0.25) is 0 Å². The van der Waals surface area contributed by atoms with Gasteiger partial charge < -0.3 is 4.74 Å². The van der Waals surface area contributed by atoms with Crippen LogP contribution in [0.2, 0.25) is 0 Å². The van der Waals surface area contributed by atoms with E-state index in [9.17, 15) is 4.79 Å². The lowest BCUT2D eigenvalue weighted by molar-refractivity contribution is 0.0204. The van der Waals surface area contributed by atoms with Gasteiger partial charge >= 0.3 is 5.97 Å². The summed E-state index contributed by atoms with van der Waals surface area (Å²) in [4.78, 5) is 20.6. The molecular formula is C15H16N2O2. The SMILES string of the molecule is O=C(OC1CCCCC1)c1cnc2ccccc2n1. The zero-order valence-electron chi connectivity index (χ0n) is 10.7. The molecule has 1 heterocycles. The highest BCUT2D eigenvalue weighted by Crippen LogP contribution is 2.21. The number of carbonyl (C=O) groups excluding carboxylic acids is 1. The number of aromatic nitrogens is 2. The monoisotopic (exact) mass is 256 g/mol. The number of ether oxygens (including phenoxy) is 1. The molecule has 0 radical (unpaired) electrons. The Kier molecular flexibility index (Phi) is 3.40. The molecule has 0 bridgehead atoms. The maximum atomic E-state index is 12.0. The summed E-state index contributed by atoms with van der Waals surface area (Å²) in [5, 5.41) is 0. The molecule has 1 aromatic carbocycles. The molecule has 0 unspecified atom stereocenters. The van der Waals surface area contributed by atoms with Gasteiger partial charge in [-0.25, -0.2) is 9.78 Å². The van der Waals surface area contributed by atoms with Crippen molar-refractivity contribution in [1.82, 2.24) is 9.97 Å². The molecule has 0 amide bonds. The summed E-state index contributed by atoms with van der Waals surface area (Å²) in [6.07, 6.45) is 6.99. The number of carbonyl (C=O) groups is 1. The molecule has 1 aliphatic rings. The van der Waals surface area contributed by atoms with Crippen LogP contribution in [0.3, 0.4) is 0 Å². The fraction of sp³-hybridized carbons (Fsp3) is 0.400. The van der Waals surface area contributed by atoms with Crippen LogP contribution in [0.15, 0.2) is 30.5 Å². The average Bonchev–Trinajstić information content (AvgIpc) is 2.48. The van der Waals surface area contributed by atoms with E-state index in [4.69, 9.17) is 4.74 Å². The Hall–Kier alpha value is -1.97. The summed E-state index contributed by atoms with van der Waals surface area (Å²) < 4.78 is 5.48. The van der Waals surface area contributed by atoms with Crippen LogP contribution >= 0.6 is 0 Å². The average molecular weight is 256 g/mol. The van der Waals surface area contributed by atoms with Gasteiger partial charge in [0.1, 0.15) is 6.10 Å². The Morgan fingerprint density at radius 1 is 1.11 bits per heavy atom. The van der Waals surface area contributed by atoms with Crippen LogP contribution in [0.25, 0.3) is 11.0 Å². The number of para-hydroxylation sites is 2. The fourth-order valence-corrected chi connectivity index (χ4v) is 2.45. The van der Waals surface area contributed by atoms with Crippen molar-refractivity contribution in [2.75, 3.05) is 0 Å². The first kappa shape index (κ1) is 12.1. The molecule has 1 fully saturated rings. The van der Waals surface area contributed by atoms with Gasteiger partial charge in [-0.2, -0.15) is 0 Å². The molecule has 1 aromatic heterocycles. The van der Waals surface area contributed by atoms with Crippen LogP contribution in [-0.4, -0.2) is 22.0 Å². The van der Waals surface area contributed by atoms with Gasteiger partial charge in [0, 0.05) is 0 Å². The van der Waals surface area contributed by atoms with E-state index in [2.05, 4.69) is 9.97 Å². The first-order chi connectivity index (χ1) is 9.33. The van der Waals surface area contributed by atoms with E-state index in [1.807, 2.05) is 24.3 Å². The minimum Gasteiger partial charge on any atom is -0.458 e. The third kappa shape index (κ3) is 2.72. The maximum absolute atomic E-state index is 12.0. The molecule has 98 valence electrons. The van der Waals surface area contributed by atoms with Crippen molar-refractivity contribution in [2.24, 2.45) is 0 Å². The van der Waals surface area contributed by atoms with Gasteiger partial charge in [0.15, 0.2) is 5.69 Å². The van der Waals surface area contributed by atoms with Gasteiger partial charge in [-0.15, -0.1) is 0 Å². The predicted molar refractivity (Wildman–Crippen MR) is 71.8 cm³/mol. The zero-order valence-corrected chi connectivity index (χ0v) is 10.7. The third-order valence-corrected chi connectivity index (χ3v) is 3.48. The first-order valence-corrected chi connectivity index (χ1v) is 6.76. The number of fused-ring (bicyclic) bond motifs is 1. The molecule has 1 saturated carbocycles. The molecule has 19 heavy (non-hydrogen) atoms. The molecule has 0 spiro atoms. The quantitative estimate of drug-likeness (QED) is 0.775. The number of esters is 1. The lowest BCUT2D eigenvalue weighted by atomic mass is 9.98. The van der Waals surface area contributed by atoms with Gasteiger partial charge in [-0.3, -0.25) is 4.98 Å². The zero-order chi connectivity index (χ0) is 13.1. The Labute approximate surface area is 111 Å². The Bertz CT molecular complexity index is 591. The van der Waals surface area contributed by atoms with E-state index in [1.165, 1.54) is 12.6 Å². The molecule has 3 rings (SSSR count). The number of benzene rings is 1. The van der Waals surface area contributed by atoms with Crippen LogP contribution in [0, 0.1) is 0 Å². The van der Waals surface area contributed by atoms with Crippen molar-refractivity contribution in [3.05, 3.63) is 36.2 Å². The number of rotatable bonds is 2. The van der Waals surface area contributed by atoms with Gasteiger partial charge in [-0.05, 0) is 37.8 Å². The molecule has 2 aromatic rings. The highest BCUT2D eigenvalue weighted by Gasteiger charge is 2.19. The van der Waals surface area contributed by atoms with E-state index in [0.29, 0.717) is 5.69 Å². The minimum atomic E-state index is -0.356. The molecule has 4 heteroatoms. The normalized spacial score (nSPS) is 16.4. The van der Waals surface area contributed by atoms with Crippen molar-refractivity contribution < 1.29 is 9.53 Å². The fourth-order valence-electron chi connectivity index (χ4n) is 2.45. The van der Waals surface area contributed by atoms with Crippen LogP contribution in [-0.2, 0) is 4.74 Å². The number of hydrogen-bond acceptors (Lipinski definition) is 4. The summed E-state index contributed by atoms with van der Waals surface area (Å²) in [5.74, 6) is -0.356. The summed E-state index contributed by atoms with van der Waals surface area (Å²) in [7, 11) is 0. The maximum Gasteiger partial charge on any atom is 0.358 e. The summed E-state index contributed by atoms with van der Waals surface area (Å²) in [5.41, 5.74) is 1.81. The van der Waals surface area contributed by atoms with Crippen molar-refractivity contribution in [3.63, 3.8) is 0 Å². The van der Waals surface area contributed by atoms with Crippen LogP contribution in [0.4, 0.5) is 0 Å². The number of hydrogen-bond donors (Lipinski definition) is 0. The van der Waals surface area contributed by atoms with E-state index in [-0.39, 0.29) is 12.1 Å². The predicted octanol–water partition coefficient (Wildman–Crippen LogP) is 3.12. The van der Waals surface area contributed by atoms with Gasteiger partial charge in [0.05, 0.1) is 17.2 Å². The third-order valence-electron chi connectivity index (χ3n) is 3.48. The van der Waals surface area contributed by atoms with Crippen molar-refractivity contribution >= 4 is 17.0 Å². The Balaban J connectivity index is 1.77. The summed E-state index contributed by atoms with van der Waals surface area (Å²) in [6.45, 7) is 0. The lowest BCUT2D eigenvalue weighted by Gasteiger charge is -2.21. The Morgan fingerprint density at radius 2 is 1.84 bits per heavy atom. The highest BCUT2D eigenvalue weighted by molar-refractivity contribution is 5.89. The summed E-state index contributed by atoms with van der Waals surface area (Å²) >= 11 is 0. The van der Waals surface area contributed by atoms with Crippen LogP contribution in [0.5, 0.6) is 0 Å². The number of nitrogens with zero attached hydrogens (tertiary/aromatic N) is 2. The van der Waals surface area contributed by atoms with E-state index >= 15 is 0 Å². The van der Waals surface area contributed by atoms with Gasteiger partial charge in [-0.1, -0.05) is 18.6 Å². The second-order valence-corrected chi connectivity index (χ2v) is 4.91. The van der Waals surface area contributed by atoms with Crippen molar-refractivity contribution in [3.8, 4) is 0 Å². The summed E-state index contributed by atoms with van der Waals surface area (Å²) in [6, 6.07) is 7.50. The molecule has 1 aliphatic carbocycles. The van der Waals surface area contributed by atoms with E-state index in [1.54, 1.807) is 0 Å². The standard InChI is InChI=1S/C15H16N2O2/c18-15(19-11-6-2-1-3-7-11)14-10-16-12-8-4-5-9-13(12)17-14/h4-5,8-11H,1-3,6-7H2. The molecule has 0 atom stereocenters. The minimum absolute atomic E-state index is 0.0505. The second-order valence-electron chi connectivity index (χ2n) is 4.91. The van der Waals surface area contributed by atoms with Gasteiger partial charge in [0.25, 0.3) is 0 Å². The van der Waals surface area contributed by atoms with E-state index < -0.39 is 0 Å². The van der Waals surface area contributed by atoms with E-state index in [0.717, 1.165) is 36.7 Å². The first-order valence-electron chi connectivity index (χ1n) is 6.76. The topological polar surface area (TPSA) is 52.1 Å². The van der Waals surface area contributed by atoms with Crippen molar-refractivity contribution in [2.45, 2.75) is 38.2 Å². The lowest BCUT2D eigenvalue weighted by Crippen LogP contribution is -2.21. The Morgan fingerprint density at radius 3 is 2.63 bits per heavy atom.